The minimum Gasteiger partial charge on any atom is -0.459 e. The lowest BCUT2D eigenvalue weighted by Gasteiger charge is -2.12. The van der Waals surface area contributed by atoms with E-state index in [0.717, 1.165) is 16.5 Å². The lowest BCUT2D eigenvalue weighted by Crippen LogP contribution is -2.14. The number of carbonyl (C=O) groups excluding carboxylic acids is 1. The van der Waals surface area contributed by atoms with E-state index in [0.29, 0.717) is 11.3 Å². The third-order valence-electron chi connectivity index (χ3n) is 3.51. The van der Waals surface area contributed by atoms with Crippen LogP contribution in [0.3, 0.4) is 0 Å². The van der Waals surface area contributed by atoms with Gasteiger partial charge in [-0.15, -0.1) is 0 Å². The van der Waals surface area contributed by atoms with Crippen LogP contribution in [0.15, 0.2) is 36.7 Å². The van der Waals surface area contributed by atoms with Crippen molar-refractivity contribution in [3.05, 3.63) is 47.5 Å². The number of fused-ring (bicyclic) bond motifs is 1. The zero-order chi connectivity index (χ0) is 16.6. The standard InChI is InChI=1S/C17H16ClN3O2/c1-10(2)23-16(22)13-9-19-17(18)20-15(13)12-5-4-6-14-11(12)7-8-21(14)3/h4-10H,1-3H3. The Balaban J connectivity index is 2.22. The van der Waals surface area contributed by atoms with E-state index in [9.17, 15) is 4.79 Å². The van der Waals surface area contributed by atoms with Crippen LogP contribution in [0, 0.1) is 0 Å². The number of ether oxygens (including phenoxy) is 1. The van der Waals surface area contributed by atoms with Crippen LogP contribution >= 0.6 is 11.6 Å². The summed E-state index contributed by atoms with van der Waals surface area (Å²) in [5.41, 5.74) is 2.65. The number of nitrogens with zero attached hydrogens (tertiary/aromatic N) is 3. The molecule has 0 radical (unpaired) electrons. The Bertz CT molecular complexity index is 887. The fourth-order valence-electron chi connectivity index (χ4n) is 2.50. The van der Waals surface area contributed by atoms with Gasteiger partial charge in [0.05, 0.1) is 11.8 Å². The molecule has 2 heterocycles. The van der Waals surface area contributed by atoms with Gasteiger partial charge in [0.15, 0.2) is 0 Å². The molecule has 0 bridgehead atoms. The Morgan fingerprint density at radius 1 is 1.30 bits per heavy atom. The lowest BCUT2D eigenvalue weighted by atomic mass is 10.0. The van der Waals surface area contributed by atoms with E-state index in [-0.39, 0.29) is 11.4 Å². The van der Waals surface area contributed by atoms with Crippen molar-refractivity contribution in [1.29, 1.82) is 0 Å². The predicted octanol–water partition coefficient (Wildman–Crippen LogP) is 3.85. The third-order valence-corrected chi connectivity index (χ3v) is 3.69. The number of benzene rings is 1. The van der Waals surface area contributed by atoms with Crippen LogP contribution in [0.2, 0.25) is 5.28 Å². The molecule has 0 atom stereocenters. The number of hydrogen-bond acceptors (Lipinski definition) is 4. The maximum Gasteiger partial charge on any atom is 0.342 e. The summed E-state index contributed by atoms with van der Waals surface area (Å²) < 4.78 is 7.30. The van der Waals surface area contributed by atoms with Crippen LogP contribution in [-0.4, -0.2) is 26.6 Å². The number of carbonyl (C=O) groups is 1. The molecule has 5 nitrogen and oxygen atoms in total. The fourth-order valence-corrected chi connectivity index (χ4v) is 2.63. The van der Waals surface area contributed by atoms with Crippen LogP contribution in [0.1, 0.15) is 24.2 Å². The Morgan fingerprint density at radius 2 is 2.09 bits per heavy atom. The van der Waals surface area contributed by atoms with Crippen molar-refractivity contribution in [3.63, 3.8) is 0 Å². The minimum absolute atomic E-state index is 0.0917. The number of halogens is 1. The molecule has 0 N–H and O–H groups in total. The highest BCUT2D eigenvalue weighted by Gasteiger charge is 2.20. The molecule has 1 aromatic carbocycles. The van der Waals surface area contributed by atoms with Crippen molar-refractivity contribution < 1.29 is 9.53 Å². The molecule has 3 rings (SSSR count). The van der Waals surface area contributed by atoms with Crippen LogP contribution in [0.5, 0.6) is 0 Å². The molecule has 6 heteroatoms. The number of hydrogen-bond donors (Lipinski definition) is 0. The highest BCUT2D eigenvalue weighted by molar-refractivity contribution is 6.28. The van der Waals surface area contributed by atoms with E-state index in [1.165, 1.54) is 6.20 Å². The number of esters is 1. The average Bonchev–Trinajstić information content (AvgIpc) is 2.88. The van der Waals surface area contributed by atoms with E-state index in [4.69, 9.17) is 16.3 Å². The number of aryl methyl sites for hydroxylation is 1. The highest BCUT2D eigenvalue weighted by atomic mass is 35.5. The molecule has 0 aliphatic carbocycles. The van der Waals surface area contributed by atoms with Crippen molar-refractivity contribution in [2.45, 2.75) is 20.0 Å². The predicted molar refractivity (Wildman–Crippen MR) is 89.5 cm³/mol. The van der Waals surface area contributed by atoms with E-state index < -0.39 is 5.97 Å². The summed E-state index contributed by atoms with van der Waals surface area (Å²) in [6.07, 6.45) is 3.15. The van der Waals surface area contributed by atoms with Gasteiger partial charge in [0.25, 0.3) is 0 Å². The van der Waals surface area contributed by atoms with E-state index in [1.54, 1.807) is 13.8 Å². The van der Waals surface area contributed by atoms with Crippen LogP contribution in [0.25, 0.3) is 22.2 Å². The van der Waals surface area contributed by atoms with E-state index in [2.05, 4.69) is 9.97 Å². The van der Waals surface area contributed by atoms with Gasteiger partial charge in [0, 0.05) is 35.9 Å². The van der Waals surface area contributed by atoms with Crippen molar-refractivity contribution >= 4 is 28.5 Å². The quantitative estimate of drug-likeness (QED) is 0.541. The van der Waals surface area contributed by atoms with Crippen molar-refractivity contribution in [1.82, 2.24) is 14.5 Å². The largest absolute Gasteiger partial charge is 0.459 e. The zero-order valence-corrected chi connectivity index (χ0v) is 13.8. The molecular formula is C17H16ClN3O2. The smallest absolute Gasteiger partial charge is 0.342 e. The SMILES string of the molecule is CC(C)OC(=O)c1cnc(Cl)nc1-c1cccc2c1ccn2C. The molecule has 0 aliphatic rings. The van der Waals surface area contributed by atoms with E-state index >= 15 is 0 Å². The Kier molecular flexibility index (Phi) is 4.05. The first kappa shape index (κ1) is 15.5. The van der Waals surface area contributed by atoms with Crippen LogP contribution in [0.4, 0.5) is 0 Å². The van der Waals surface area contributed by atoms with Gasteiger partial charge in [-0.25, -0.2) is 14.8 Å². The summed E-state index contributed by atoms with van der Waals surface area (Å²) in [7, 11) is 1.97. The summed E-state index contributed by atoms with van der Waals surface area (Å²) in [6, 6.07) is 7.82. The average molecular weight is 330 g/mol. The first-order valence-corrected chi connectivity index (χ1v) is 7.63. The topological polar surface area (TPSA) is 57.0 Å². The highest BCUT2D eigenvalue weighted by Crippen LogP contribution is 2.31. The summed E-state index contributed by atoms with van der Waals surface area (Å²) >= 11 is 5.95. The van der Waals surface area contributed by atoms with Gasteiger partial charge in [-0.2, -0.15) is 0 Å². The summed E-state index contributed by atoms with van der Waals surface area (Å²) in [4.78, 5) is 20.6. The molecule has 0 fully saturated rings. The first-order chi connectivity index (χ1) is 11.0. The van der Waals surface area contributed by atoms with Crippen LogP contribution in [-0.2, 0) is 11.8 Å². The van der Waals surface area contributed by atoms with Crippen molar-refractivity contribution in [2.75, 3.05) is 0 Å². The monoisotopic (exact) mass is 329 g/mol. The second kappa shape index (κ2) is 6.01. The Morgan fingerprint density at radius 3 is 2.83 bits per heavy atom. The summed E-state index contributed by atoms with van der Waals surface area (Å²) in [6.45, 7) is 3.60. The molecule has 0 unspecified atom stereocenters. The molecule has 0 spiro atoms. The molecule has 0 amide bonds. The van der Waals surface area contributed by atoms with E-state index in [1.807, 2.05) is 42.1 Å². The van der Waals surface area contributed by atoms with Gasteiger partial charge in [-0.1, -0.05) is 12.1 Å². The maximum absolute atomic E-state index is 12.4. The number of aromatic nitrogens is 3. The van der Waals surface area contributed by atoms with Gasteiger partial charge in [-0.05, 0) is 37.6 Å². The summed E-state index contributed by atoms with van der Waals surface area (Å²) in [5, 5.41) is 1.08. The second-order valence-electron chi connectivity index (χ2n) is 5.52. The van der Waals surface area contributed by atoms with Gasteiger partial charge in [0.2, 0.25) is 5.28 Å². The molecular weight excluding hydrogens is 314 g/mol. The van der Waals surface area contributed by atoms with Gasteiger partial charge < -0.3 is 9.30 Å². The van der Waals surface area contributed by atoms with Gasteiger partial charge >= 0.3 is 5.97 Å². The van der Waals surface area contributed by atoms with Crippen molar-refractivity contribution in [3.8, 4) is 11.3 Å². The normalized spacial score (nSPS) is 11.2. The fraction of sp³-hybridized carbons (Fsp3) is 0.235. The maximum atomic E-state index is 12.4. The Hall–Kier alpha value is -2.40. The molecule has 118 valence electrons. The van der Waals surface area contributed by atoms with Gasteiger partial charge in [0.1, 0.15) is 5.56 Å². The molecule has 3 aromatic rings. The number of rotatable bonds is 3. The summed E-state index contributed by atoms with van der Waals surface area (Å²) in [5.74, 6) is -0.459. The molecule has 2 aromatic heterocycles. The first-order valence-electron chi connectivity index (χ1n) is 7.25. The molecule has 0 saturated carbocycles. The molecule has 0 saturated heterocycles. The van der Waals surface area contributed by atoms with Gasteiger partial charge in [-0.3, -0.25) is 0 Å². The second-order valence-corrected chi connectivity index (χ2v) is 5.86. The molecule has 23 heavy (non-hydrogen) atoms. The molecule has 0 aliphatic heterocycles. The third kappa shape index (κ3) is 2.92. The zero-order valence-electron chi connectivity index (χ0n) is 13.1. The van der Waals surface area contributed by atoms with Crippen molar-refractivity contribution in [2.24, 2.45) is 7.05 Å². The Labute approximate surface area is 138 Å². The van der Waals surface area contributed by atoms with Crippen LogP contribution < -0.4 is 0 Å². The lowest BCUT2D eigenvalue weighted by molar-refractivity contribution is 0.0378. The minimum atomic E-state index is -0.459.